The van der Waals surface area contributed by atoms with E-state index in [-0.39, 0.29) is 5.69 Å². The van der Waals surface area contributed by atoms with E-state index in [2.05, 4.69) is 5.32 Å². The molecule has 0 aliphatic heterocycles. The van der Waals surface area contributed by atoms with Crippen LogP contribution in [0.3, 0.4) is 0 Å². The van der Waals surface area contributed by atoms with E-state index in [4.69, 9.17) is 0 Å². The van der Waals surface area contributed by atoms with E-state index in [0.29, 0.717) is 0 Å². The Morgan fingerprint density at radius 2 is 1.65 bits per heavy atom. The number of carbonyl (C=O) groups excluding carboxylic acids is 1. The van der Waals surface area contributed by atoms with Crippen molar-refractivity contribution in [3.05, 3.63) is 24.3 Å². The van der Waals surface area contributed by atoms with Crippen molar-refractivity contribution in [2.75, 3.05) is 5.32 Å². The molecule has 0 unspecified atom stereocenters. The number of hydrogen-bond donors (Lipinski definition) is 1. The summed E-state index contributed by atoms with van der Waals surface area (Å²) >= 11 is 0. The summed E-state index contributed by atoms with van der Waals surface area (Å²) in [5, 5.41) is 2.31. The highest BCUT2D eigenvalue weighted by Crippen LogP contribution is 2.30. The van der Waals surface area contributed by atoms with Crippen molar-refractivity contribution >= 4 is 21.4 Å². The molecule has 0 radical (unpaired) electrons. The topological polar surface area (TPSA) is 63.2 Å². The van der Waals surface area contributed by atoms with E-state index < -0.39 is 26.1 Å². The third-order valence-electron chi connectivity index (χ3n) is 1.79. The molecule has 1 amide bonds. The minimum Gasteiger partial charge on any atom is -0.326 e. The van der Waals surface area contributed by atoms with Crippen LogP contribution in [0.4, 0.5) is 18.9 Å². The average Bonchev–Trinajstić information content (AvgIpc) is 2.15. The van der Waals surface area contributed by atoms with E-state index in [1.807, 2.05) is 0 Å². The van der Waals surface area contributed by atoms with Crippen LogP contribution in [-0.4, -0.2) is 19.8 Å². The molecule has 8 heteroatoms. The van der Waals surface area contributed by atoms with Crippen LogP contribution in [-0.2, 0) is 14.6 Å². The fraction of sp³-hybridized carbons (Fsp3) is 0.222. The summed E-state index contributed by atoms with van der Waals surface area (Å²) in [5.74, 6) is -0.406. The number of benzene rings is 1. The first-order valence-electron chi connectivity index (χ1n) is 4.33. The van der Waals surface area contributed by atoms with Crippen LogP contribution >= 0.6 is 0 Å². The van der Waals surface area contributed by atoms with Crippen molar-refractivity contribution in [1.29, 1.82) is 0 Å². The van der Waals surface area contributed by atoms with Crippen LogP contribution < -0.4 is 5.32 Å². The first kappa shape index (κ1) is 13.5. The van der Waals surface area contributed by atoms with E-state index >= 15 is 0 Å². The second kappa shape index (κ2) is 4.36. The van der Waals surface area contributed by atoms with Gasteiger partial charge in [0.1, 0.15) is 0 Å². The monoisotopic (exact) mass is 267 g/mol. The minimum atomic E-state index is -5.33. The number of rotatable bonds is 2. The molecule has 17 heavy (non-hydrogen) atoms. The van der Waals surface area contributed by atoms with Crippen molar-refractivity contribution in [2.45, 2.75) is 17.3 Å². The van der Waals surface area contributed by atoms with Gasteiger partial charge in [-0.3, -0.25) is 4.79 Å². The Morgan fingerprint density at radius 3 is 2.00 bits per heavy atom. The van der Waals surface area contributed by atoms with Gasteiger partial charge in [0.25, 0.3) is 9.84 Å². The Bertz CT molecular complexity index is 519. The summed E-state index contributed by atoms with van der Waals surface area (Å²) in [6.45, 7) is 1.22. The predicted octanol–water partition coefficient (Wildman–Crippen LogP) is 1.94. The van der Waals surface area contributed by atoms with Gasteiger partial charge in [0.2, 0.25) is 5.91 Å². The molecule has 0 fully saturated rings. The zero-order chi connectivity index (χ0) is 13.3. The van der Waals surface area contributed by atoms with Crippen molar-refractivity contribution in [2.24, 2.45) is 0 Å². The fourth-order valence-corrected chi connectivity index (χ4v) is 1.82. The van der Waals surface area contributed by atoms with Gasteiger partial charge in [-0.1, -0.05) is 0 Å². The molecular weight excluding hydrogens is 259 g/mol. The summed E-state index contributed by atoms with van der Waals surface area (Å²) < 4.78 is 58.5. The summed E-state index contributed by atoms with van der Waals surface area (Å²) in [6, 6.07) is 3.74. The highest BCUT2D eigenvalue weighted by atomic mass is 32.2. The lowest BCUT2D eigenvalue weighted by Crippen LogP contribution is -2.23. The summed E-state index contributed by atoms with van der Waals surface area (Å²) in [7, 11) is -5.33. The SMILES string of the molecule is CC(=O)Nc1ccc(S(=O)(=O)C(F)(F)F)cc1. The van der Waals surface area contributed by atoms with Gasteiger partial charge < -0.3 is 5.32 Å². The van der Waals surface area contributed by atoms with Crippen LogP contribution in [0, 0.1) is 0 Å². The Kier molecular flexibility index (Phi) is 3.46. The lowest BCUT2D eigenvalue weighted by atomic mass is 10.3. The fourth-order valence-electron chi connectivity index (χ4n) is 1.05. The molecule has 4 nitrogen and oxygen atoms in total. The maximum atomic E-state index is 12.2. The molecule has 1 N–H and O–H groups in total. The van der Waals surface area contributed by atoms with Gasteiger partial charge in [-0.05, 0) is 24.3 Å². The normalized spacial score (nSPS) is 12.2. The minimum absolute atomic E-state index is 0.221. The second-order valence-electron chi connectivity index (χ2n) is 3.15. The van der Waals surface area contributed by atoms with Crippen LogP contribution in [0.15, 0.2) is 29.2 Å². The maximum absolute atomic E-state index is 12.2. The van der Waals surface area contributed by atoms with Gasteiger partial charge >= 0.3 is 5.51 Å². The van der Waals surface area contributed by atoms with E-state index in [1.165, 1.54) is 6.92 Å². The molecule has 0 heterocycles. The molecule has 1 rings (SSSR count). The molecule has 0 aliphatic rings. The van der Waals surface area contributed by atoms with E-state index in [0.717, 1.165) is 24.3 Å². The summed E-state index contributed by atoms with van der Waals surface area (Å²) in [5.41, 5.74) is -5.11. The Balaban J connectivity index is 3.08. The van der Waals surface area contributed by atoms with Crippen molar-refractivity contribution in [3.63, 3.8) is 0 Å². The quantitative estimate of drug-likeness (QED) is 0.890. The van der Waals surface area contributed by atoms with Crippen molar-refractivity contribution < 1.29 is 26.4 Å². The summed E-state index contributed by atoms with van der Waals surface area (Å²) in [4.78, 5) is 9.78. The number of alkyl halides is 3. The first-order chi connectivity index (χ1) is 7.64. The zero-order valence-corrected chi connectivity index (χ0v) is 9.39. The van der Waals surface area contributed by atoms with Crippen molar-refractivity contribution in [1.82, 2.24) is 0 Å². The number of nitrogens with one attached hydrogen (secondary N) is 1. The molecule has 0 spiro atoms. The molecular formula is C9H8F3NO3S. The molecule has 0 atom stereocenters. The predicted molar refractivity (Wildman–Crippen MR) is 54.0 cm³/mol. The lowest BCUT2D eigenvalue weighted by molar-refractivity contribution is -0.114. The van der Waals surface area contributed by atoms with Gasteiger partial charge in [0, 0.05) is 12.6 Å². The van der Waals surface area contributed by atoms with Crippen molar-refractivity contribution in [3.8, 4) is 0 Å². The van der Waals surface area contributed by atoms with Gasteiger partial charge in [-0.15, -0.1) is 0 Å². The molecule has 1 aromatic carbocycles. The Morgan fingerprint density at radius 1 is 1.18 bits per heavy atom. The molecule has 0 bridgehead atoms. The number of hydrogen-bond acceptors (Lipinski definition) is 3. The largest absolute Gasteiger partial charge is 0.501 e. The molecule has 0 aliphatic carbocycles. The number of halogens is 3. The molecule has 0 saturated heterocycles. The van der Waals surface area contributed by atoms with Gasteiger partial charge in [0.05, 0.1) is 4.90 Å². The Hall–Kier alpha value is -1.57. The third-order valence-corrected chi connectivity index (χ3v) is 3.29. The maximum Gasteiger partial charge on any atom is 0.501 e. The van der Waals surface area contributed by atoms with E-state index in [1.54, 1.807) is 0 Å². The summed E-state index contributed by atoms with van der Waals surface area (Å²) in [6.07, 6.45) is 0. The molecule has 1 aromatic rings. The number of sulfone groups is 1. The van der Waals surface area contributed by atoms with Crippen LogP contribution in [0.1, 0.15) is 6.92 Å². The molecule has 0 saturated carbocycles. The van der Waals surface area contributed by atoms with E-state index in [9.17, 15) is 26.4 Å². The zero-order valence-electron chi connectivity index (χ0n) is 8.58. The van der Waals surface area contributed by atoms with Gasteiger partial charge in [-0.25, -0.2) is 8.42 Å². The molecule has 94 valence electrons. The van der Waals surface area contributed by atoms with Crippen LogP contribution in [0.2, 0.25) is 0 Å². The van der Waals surface area contributed by atoms with Gasteiger partial charge in [0.15, 0.2) is 0 Å². The Labute approximate surface area is 95.4 Å². The third kappa shape index (κ3) is 2.96. The lowest BCUT2D eigenvalue weighted by Gasteiger charge is -2.08. The number of anilines is 1. The standard InChI is InChI=1S/C9H8F3NO3S/c1-6(14)13-7-2-4-8(5-3-7)17(15,16)9(10,11)12/h2-5H,1H3,(H,13,14). The molecule has 0 aromatic heterocycles. The second-order valence-corrected chi connectivity index (χ2v) is 5.10. The first-order valence-corrected chi connectivity index (χ1v) is 5.82. The smallest absolute Gasteiger partial charge is 0.326 e. The van der Waals surface area contributed by atoms with Crippen LogP contribution in [0.5, 0.6) is 0 Å². The number of carbonyl (C=O) groups is 1. The highest BCUT2D eigenvalue weighted by Gasteiger charge is 2.46. The highest BCUT2D eigenvalue weighted by molar-refractivity contribution is 7.92. The van der Waals surface area contributed by atoms with Crippen LogP contribution in [0.25, 0.3) is 0 Å². The van der Waals surface area contributed by atoms with Gasteiger partial charge in [-0.2, -0.15) is 13.2 Å². The average molecular weight is 267 g/mol. The number of amides is 1.